The highest BCUT2D eigenvalue weighted by molar-refractivity contribution is 5.02. The van der Waals surface area contributed by atoms with Crippen LogP contribution in [0.15, 0.2) is 10.6 Å². The average molecular weight is 278 g/mol. The minimum atomic E-state index is 0.197. The van der Waals surface area contributed by atoms with Gasteiger partial charge in [0.05, 0.1) is 6.20 Å². The smallest absolute Gasteiger partial charge is 0.194 e. The average Bonchev–Trinajstić information content (AvgIpc) is 2.67. The van der Waals surface area contributed by atoms with Gasteiger partial charge in [-0.25, -0.2) is 4.98 Å². The van der Waals surface area contributed by atoms with Gasteiger partial charge in [-0.05, 0) is 46.6 Å². The van der Waals surface area contributed by atoms with E-state index in [1.165, 1.54) is 38.5 Å². The fourth-order valence-electron chi connectivity index (χ4n) is 2.90. The van der Waals surface area contributed by atoms with E-state index in [9.17, 15) is 0 Å². The molecule has 1 heterocycles. The number of hydrogen-bond donors (Lipinski definition) is 1. The van der Waals surface area contributed by atoms with E-state index in [1.54, 1.807) is 0 Å². The maximum absolute atomic E-state index is 5.97. The molecule has 0 unspecified atom stereocenters. The Labute approximate surface area is 123 Å². The summed E-state index contributed by atoms with van der Waals surface area (Å²) in [5, 5.41) is 3.50. The SMILES string of the molecule is CC(C)(C)NCCCc1ncc(C2CCCCCC2)o1. The van der Waals surface area contributed by atoms with Crippen LogP contribution in [0, 0.1) is 0 Å². The zero-order valence-electron chi connectivity index (χ0n) is 13.4. The van der Waals surface area contributed by atoms with E-state index in [1.807, 2.05) is 6.20 Å². The lowest BCUT2D eigenvalue weighted by molar-refractivity contribution is 0.387. The van der Waals surface area contributed by atoms with E-state index in [0.29, 0.717) is 5.92 Å². The van der Waals surface area contributed by atoms with Crippen molar-refractivity contribution in [3.63, 3.8) is 0 Å². The second-order valence-corrected chi connectivity index (χ2v) is 7.13. The van der Waals surface area contributed by atoms with E-state index < -0.39 is 0 Å². The molecule has 0 amide bonds. The van der Waals surface area contributed by atoms with Crippen LogP contribution in [0.3, 0.4) is 0 Å². The summed E-state index contributed by atoms with van der Waals surface area (Å²) in [4.78, 5) is 4.46. The van der Waals surface area contributed by atoms with Crippen molar-refractivity contribution in [2.24, 2.45) is 0 Å². The van der Waals surface area contributed by atoms with Crippen molar-refractivity contribution in [2.75, 3.05) is 6.54 Å². The van der Waals surface area contributed by atoms with Crippen molar-refractivity contribution >= 4 is 0 Å². The molecule has 1 aliphatic carbocycles. The number of hydrogen-bond acceptors (Lipinski definition) is 3. The molecule has 0 radical (unpaired) electrons. The van der Waals surface area contributed by atoms with Crippen molar-refractivity contribution in [2.45, 2.75) is 83.6 Å². The summed E-state index contributed by atoms with van der Waals surface area (Å²) in [6.45, 7) is 7.61. The summed E-state index contributed by atoms with van der Waals surface area (Å²) < 4.78 is 5.97. The Morgan fingerprint density at radius 1 is 1.20 bits per heavy atom. The second kappa shape index (κ2) is 7.26. The first-order valence-electron chi connectivity index (χ1n) is 8.24. The molecule has 1 aliphatic rings. The zero-order valence-corrected chi connectivity index (χ0v) is 13.4. The summed E-state index contributed by atoms with van der Waals surface area (Å²) in [7, 11) is 0. The summed E-state index contributed by atoms with van der Waals surface area (Å²) in [6.07, 6.45) is 12.0. The fourth-order valence-corrected chi connectivity index (χ4v) is 2.90. The summed E-state index contributed by atoms with van der Waals surface area (Å²) >= 11 is 0. The van der Waals surface area contributed by atoms with Gasteiger partial charge in [0.15, 0.2) is 5.89 Å². The predicted molar refractivity (Wildman–Crippen MR) is 83.0 cm³/mol. The Hall–Kier alpha value is -0.830. The Morgan fingerprint density at radius 2 is 1.90 bits per heavy atom. The number of nitrogens with zero attached hydrogens (tertiary/aromatic N) is 1. The van der Waals surface area contributed by atoms with Crippen LogP contribution < -0.4 is 5.32 Å². The molecule has 3 nitrogen and oxygen atoms in total. The Balaban J connectivity index is 1.77. The van der Waals surface area contributed by atoms with E-state index in [4.69, 9.17) is 4.42 Å². The lowest BCUT2D eigenvalue weighted by Crippen LogP contribution is -2.36. The van der Waals surface area contributed by atoms with Crippen molar-refractivity contribution in [1.29, 1.82) is 0 Å². The molecule has 1 fully saturated rings. The third kappa shape index (κ3) is 5.28. The topological polar surface area (TPSA) is 38.1 Å². The molecule has 3 heteroatoms. The van der Waals surface area contributed by atoms with E-state index in [-0.39, 0.29) is 5.54 Å². The van der Waals surface area contributed by atoms with Gasteiger partial charge in [-0.2, -0.15) is 0 Å². The van der Waals surface area contributed by atoms with Crippen LogP contribution >= 0.6 is 0 Å². The molecule has 114 valence electrons. The Morgan fingerprint density at radius 3 is 2.55 bits per heavy atom. The minimum absolute atomic E-state index is 0.197. The third-order valence-corrected chi connectivity index (χ3v) is 4.05. The molecule has 1 N–H and O–H groups in total. The van der Waals surface area contributed by atoms with Crippen molar-refractivity contribution in [3.05, 3.63) is 17.8 Å². The maximum atomic E-state index is 5.97. The van der Waals surface area contributed by atoms with Crippen LogP contribution in [0.25, 0.3) is 0 Å². The van der Waals surface area contributed by atoms with Crippen LogP contribution in [-0.4, -0.2) is 17.1 Å². The van der Waals surface area contributed by atoms with Gasteiger partial charge in [0.2, 0.25) is 0 Å². The van der Waals surface area contributed by atoms with E-state index in [2.05, 4.69) is 31.1 Å². The van der Waals surface area contributed by atoms with Crippen LogP contribution in [-0.2, 0) is 6.42 Å². The standard InChI is InChI=1S/C17H30N2O/c1-17(2,3)19-12-8-11-16-18-13-15(20-16)14-9-6-4-5-7-10-14/h13-14,19H,4-12H2,1-3H3. The van der Waals surface area contributed by atoms with E-state index in [0.717, 1.165) is 31.0 Å². The molecule has 0 atom stereocenters. The van der Waals surface area contributed by atoms with Crippen LogP contribution in [0.1, 0.15) is 83.3 Å². The second-order valence-electron chi connectivity index (χ2n) is 7.13. The molecule has 0 bridgehead atoms. The van der Waals surface area contributed by atoms with Gasteiger partial charge < -0.3 is 9.73 Å². The summed E-state index contributed by atoms with van der Waals surface area (Å²) in [5.41, 5.74) is 0.197. The Kier molecular flexibility index (Phi) is 5.64. The minimum Gasteiger partial charge on any atom is -0.445 e. The zero-order chi connectivity index (χ0) is 14.4. The predicted octanol–water partition coefficient (Wildman–Crippen LogP) is 4.43. The monoisotopic (exact) mass is 278 g/mol. The molecule has 0 saturated heterocycles. The number of nitrogens with one attached hydrogen (secondary N) is 1. The highest BCUT2D eigenvalue weighted by Crippen LogP contribution is 2.31. The first-order chi connectivity index (χ1) is 9.54. The Bertz CT molecular complexity index is 384. The van der Waals surface area contributed by atoms with E-state index >= 15 is 0 Å². The van der Waals surface area contributed by atoms with Crippen molar-refractivity contribution in [3.8, 4) is 0 Å². The van der Waals surface area contributed by atoms with Crippen molar-refractivity contribution < 1.29 is 4.42 Å². The molecule has 1 aromatic rings. The molecule has 1 saturated carbocycles. The lowest BCUT2D eigenvalue weighted by atomic mass is 9.98. The van der Waals surface area contributed by atoms with Gasteiger partial charge in [0.25, 0.3) is 0 Å². The number of aromatic nitrogens is 1. The number of rotatable bonds is 5. The highest BCUT2D eigenvalue weighted by Gasteiger charge is 2.18. The normalized spacial score (nSPS) is 18.1. The van der Waals surface area contributed by atoms with Crippen molar-refractivity contribution in [1.82, 2.24) is 10.3 Å². The largest absolute Gasteiger partial charge is 0.445 e. The van der Waals surface area contributed by atoms with Crippen LogP contribution in [0.5, 0.6) is 0 Å². The van der Waals surface area contributed by atoms with Crippen LogP contribution in [0.4, 0.5) is 0 Å². The number of oxazole rings is 1. The molecule has 1 aromatic heterocycles. The van der Waals surface area contributed by atoms with Gasteiger partial charge in [0, 0.05) is 17.9 Å². The fraction of sp³-hybridized carbons (Fsp3) is 0.824. The maximum Gasteiger partial charge on any atom is 0.194 e. The van der Waals surface area contributed by atoms with Gasteiger partial charge in [0.1, 0.15) is 5.76 Å². The lowest BCUT2D eigenvalue weighted by Gasteiger charge is -2.20. The van der Waals surface area contributed by atoms with Crippen LogP contribution in [0.2, 0.25) is 0 Å². The molecule has 20 heavy (non-hydrogen) atoms. The van der Waals surface area contributed by atoms with Gasteiger partial charge in [-0.3, -0.25) is 0 Å². The number of aryl methyl sites for hydroxylation is 1. The molecular formula is C17H30N2O. The van der Waals surface area contributed by atoms with Gasteiger partial charge in [-0.15, -0.1) is 0 Å². The molecule has 0 spiro atoms. The first kappa shape index (κ1) is 15.6. The first-order valence-corrected chi connectivity index (χ1v) is 8.24. The van der Waals surface area contributed by atoms with Gasteiger partial charge in [-0.1, -0.05) is 25.7 Å². The summed E-state index contributed by atoms with van der Waals surface area (Å²) in [6, 6.07) is 0. The molecule has 0 aliphatic heterocycles. The quantitative estimate of drug-likeness (QED) is 0.639. The molecule has 2 rings (SSSR count). The molecular weight excluding hydrogens is 248 g/mol. The summed E-state index contributed by atoms with van der Waals surface area (Å²) in [5.74, 6) is 2.66. The molecule has 0 aromatic carbocycles. The third-order valence-electron chi connectivity index (χ3n) is 4.05. The van der Waals surface area contributed by atoms with Gasteiger partial charge >= 0.3 is 0 Å². The highest BCUT2D eigenvalue weighted by atomic mass is 16.4.